The Morgan fingerprint density at radius 3 is 2.72 bits per heavy atom. The quantitative estimate of drug-likeness (QED) is 0.603. The number of benzene rings is 1. The fourth-order valence-electron chi connectivity index (χ4n) is 1.80. The van der Waals surface area contributed by atoms with E-state index in [1.165, 1.54) is 11.6 Å². The average molecular weight is 314 g/mol. The molecular formula is C15H21BrFN. The summed E-state index contributed by atoms with van der Waals surface area (Å²) in [5.41, 5.74) is 2.28. The van der Waals surface area contributed by atoms with Gasteiger partial charge in [-0.1, -0.05) is 41.4 Å². The minimum absolute atomic E-state index is 0.186. The second-order valence-corrected chi connectivity index (χ2v) is 5.82. The SMILES string of the molecule is CC(=CCCNC(C)C)Cc1cc(F)cc(Br)c1. The maximum atomic E-state index is 13.2. The van der Waals surface area contributed by atoms with Crippen molar-refractivity contribution in [1.82, 2.24) is 5.32 Å². The normalized spacial score (nSPS) is 12.2. The van der Waals surface area contributed by atoms with Crippen molar-refractivity contribution < 1.29 is 4.39 Å². The molecule has 0 aromatic heterocycles. The fraction of sp³-hybridized carbons (Fsp3) is 0.467. The van der Waals surface area contributed by atoms with E-state index in [1.54, 1.807) is 6.07 Å². The van der Waals surface area contributed by atoms with Gasteiger partial charge in [-0.3, -0.25) is 0 Å². The van der Waals surface area contributed by atoms with Crippen LogP contribution in [-0.2, 0) is 6.42 Å². The fourth-order valence-corrected chi connectivity index (χ4v) is 2.31. The molecule has 0 unspecified atom stereocenters. The molecule has 1 aromatic rings. The maximum absolute atomic E-state index is 13.2. The summed E-state index contributed by atoms with van der Waals surface area (Å²) in [6, 6.07) is 5.56. The van der Waals surface area contributed by atoms with Crippen molar-refractivity contribution in [2.75, 3.05) is 6.54 Å². The van der Waals surface area contributed by atoms with E-state index in [4.69, 9.17) is 0 Å². The summed E-state index contributed by atoms with van der Waals surface area (Å²) < 4.78 is 14.0. The summed E-state index contributed by atoms with van der Waals surface area (Å²) in [4.78, 5) is 0. The molecule has 0 aliphatic carbocycles. The molecule has 0 atom stereocenters. The zero-order chi connectivity index (χ0) is 13.5. The van der Waals surface area contributed by atoms with Crippen molar-refractivity contribution in [2.24, 2.45) is 0 Å². The number of rotatable bonds is 6. The third-order valence-electron chi connectivity index (χ3n) is 2.60. The van der Waals surface area contributed by atoms with Crippen molar-refractivity contribution in [2.45, 2.75) is 39.7 Å². The molecule has 0 spiro atoms. The number of hydrogen-bond donors (Lipinski definition) is 1. The highest BCUT2D eigenvalue weighted by Gasteiger charge is 2.00. The van der Waals surface area contributed by atoms with Gasteiger partial charge in [0.05, 0.1) is 0 Å². The minimum atomic E-state index is -0.186. The molecule has 1 aromatic carbocycles. The predicted octanol–water partition coefficient (Wildman–Crippen LogP) is 4.47. The summed E-state index contributed by atoms with van der Waals surface area (Å²) in [6.45, 7) is 7.36. The molecule has 1 nitrogen and oxygen atoms in total. The topological polar surface area (TPSA) is 12.0 Å². The Morgan fingerprint density at radius 1 is 1.39 bits per heavy atom. The van der Waals surface area contributed by atoms with Crippen LogP contribution in [0.4, 0.5) is 4.39 Å². The highest BCUT2D eigenvalue weighted by Crippen LogP contribution is 2.17. The van der Waals surface area contributed by atoms with E-state index >= 15 is 0 Å². The highest BCUT2D eigenvalue weighted by molar-refractivity contribution is 9.10. The van der Waals surface area contributed by atoms with Gasteiger partial charge < -0.3 is 5.32 Å². The molecule has 0 heterocycles. The maximum Gasteiger partial charge on any atom is 0.124 e. The van der Waals surface area contributed by atoms with Crippen LogP contribution in [0.1, 0.15) is 32.8 Å². The molecule has 0 aliphatic rings. The molecule has 3 heteroatoms. The first-order valence-corrected chi connectivity index (χ1v) is 7.10. The molecule has 0 amide bonds. The van der Waals surface area contributed by atoms with E-state index in [1.807, 2.05) is 6.07 Å². The Hall–Kier alpha value is -0.670. The van der Waals surface area contributed by atoms with Crippen LogP contribution in [0.5, 0.6) is 0 Å². The standard InChI is InChI=1S/C15H21BrFN/c1-11(2)18-6-4-5-12(3)7-13-8-14(16)10-15(17)9-13/h5,8-11,18H,4,6-7H2,1-3H3. The van der Waals surface area contributed by atoms with E-state index < -0.39 is 0 Å². The lowest BCUT2D eigenvalue weighted by molar-refractivity contribution is 0.594. The van der Waals surface area contributed by atoms with E-state index in [2.05, 4.69) is 48.1 Å². The predicted molar refractivity (Wildman–Crippen MR) is 79.3 cm³/mol. The van der Waals surface area contributed by atoms with Crippen molar-refractivity contribution in [3.8, 4) is 0 Å². The molecule has 0 radical (unpaired) electrons. The van der Waals surface area contributed by atoms with Crippen molar-refractivity contribution in [3.63, 3.8) is 0 Å². The van der Waals surface area contributed by atoms with Gasteiger partial charge in [0.1, 0.15) is 5.82 Å². The van der Waals surface area contributed by atoms with Gasteiger partial charge in [-0.15, -0.1) is 0 Å². The molecule has 0 fully saturated rings. The van der Waals surface area contributed by atoms with Gasteiger partial charge in [0.25, 0.3) is 0 Å². The molecule has 0 bridgehead atoms. The number of nitrogens with one attached hydrogen (secondary N) is 1. The number of hydrogen-bond acceptors (Lipinski definition) is 1. The van der Waals surface area contributed by atoms with Gasteiger partial charge in [0, 0.05) is 10.5 Å². The van der Waals surface area contributed by atoms with Crippen LogP contribution < -0.4 is 5.32 Å². The largest absolute Gasteiger partial charge is 0.314 e. The second-order valence-electron chi connectivity index (χ2n) is 4.90. The van der Waals surface area contributed by atoms with Crippen LogP contribution in [0, 0.1) is 5.82 Å². The zero-order valence-corrected chi connectivity index (χ0v) is 12.8. The summed E-state index contributed by atoms with van der Waals surface area (Å²) in [5, 5.41) is 3.37. The summed E-state index contributed by atoms with van der Waals surface area (Å²) in [7, 11) is 0. The molecule has 100 valence electrons. The monoisotopic (exact) mass is 313 g/mol. The molecule has 1 N–H and O–H groups in total. The van der Waals surface area contributed by atoms with Crippen LogP contribution in [0.3, 0.4) is 0 Å². The Kier molecular flexibility index (Phi) is 6.58. The third kappa shape index (κ3) is 6.31. The van der Waals surface area contributed by atoms with Gasteiger partial charge >= 0.3 is 0 Å². The lowest BCUT2D eigenvalue weighted by atomic mass is 10.1. The van der Waals surface area contributed by atoms with Crippen LogP contribution in [0.2, 0.25) is 0 Å². The average Bonchev–Trinajstić information content (AvgIpc) is 2.22. The lowest BCUT2D eigenvalue weighted by Crippen LogP contribution is -2.23. The van der Waals surface area contributed by atoms with Gasteiger partial charge in [-0.2, -0.15) is 0 Å². The smallest absolute Gasteiger partial charge is 0.124 e. The van der Waals surface area contributed by atoms with Crippen LogP contribution in [-0.4, -0.2) is 12.6 Å². The minimum Gasteiger partial charge on any atom is -0.314 e. The first kappa shape index (κ1) is 15.4. The molecule has 0 saturated carbocycles. The van der Waals surface area contributed by atoms with Crippen LogP contribution >= 0.6 is 15.9 Å². The Balaban J connectivity index is 2.48. The Morgan fingerprint density at radius 2 is 2.11 bits per heavy atom. The van der Waals surface area contributed by atoms with Gasteiger partial charge in [-0.25, -0.2) is 4.39 Å². The van der Waals surface area contributed by atoms with E-state index in [0.29, 0.717) is 6.04 Å². The summed E-state index contributed by atoms with van der Waals surface area (Å²) in [6.07, 6.45) is 4.03. The van der Waals surface area contributed by atoms with Crippen LogP contribution in [0.15, 0.2) is 34.3 Å². The zero-order valence-electron chi connectivity index (χ0n) is 11.3. The number of halogens is 2. The van der Waals surface area contributed by atoms with E-state index in [0.717, 1.165) is 29.4 Å². The molecule has 1 rings (SSSR count). The van der Waals surface area contributed by atoms with E-state index in [9.17, 15) is 4.39 Å². The van der Waals surface area contributed by atoms with Crippen LogP contribution in [0.25, 0.3) is 0 Å². The second kappa shape index (κ2) is 7.70. The molecule has 0 saturated heterocycles. The Bertz CT molecular complexity index is 393. The molecule has 0 aliphatic heterocycles. The van der Waals surface area contributed by atoms with Crippen molar-refractivity contribution >= 4 is 15.9 Å². The number of allylic oxidation sites excluding steroid dienone is 1. The first-order valence-electron chi connectivity index (χ1n) is 6.31. The van der Waals surface area contributed by atoms with Crippen molar-refractivity contribution in [1.29, 1.82) is 0 Å². The van der Waals surface area contributed by atoms with E-state index in [-0.39, 0.29) is 5.82 Å². The van der Waals surface area contributed by atoms with Gasteiger partial charge in [-0.05, 0) is 50.1 Å². The van der Waals surface area contributed by atoms with Gasteiger partial charge in [0.2, 0.25) is 0 Å². The molecular weight excluding hydrogens is 293 g/mol. The molecule has 18 heavy (non-hydrogen) atoms. The summed E-state index contributed by atoms with van der Waals surface area (Å²) >= 11 is 3.31. The first-order chi connectivity index (χ1) is 8.47. The highest BCUT2D eigenvalue weighted by atomic mass is 79.9. The van der Waals surface area contributed by atoms with Gasteiger partial charge in [0.15, 0.2) is 0 Å². The third-order valence-corrected chi connectivity index (χ3v) is 3.05. The van der Waals surface area contributed by atoms with Crippen molar-refractivity contribution in [3.05, 3.63) is 45.7 Å². The summed E-state index contributed by atoms with van der Waals surface area (Å²) in [5.74, 6) is -0.186. The Labute approximate surface area is 118 Å². The lowest BCUT2D eigenvalue weighted by Gasteiger charge is -2.07.